The molecule has 0 unspecified atom stereocenters. The van der Waals surface area contributed by atoms with E-state index >= 15 is 0 Å². The Balaban J connectivity index is 1.66. The van der Waals surface area contributed by atoms with Crippen molar-refractivity contribution in [2.75, 3.05) is 32.4 Å². The van der Waals surface area contributed by atoms with Crippen LogP contribution in [-0.2, 0) is 20.9 Å². The molecule has 0 atom stereocenters. The lowest BCUT2D eigenvalue weighted by Gasteiger charge is -2.13. The van der Waals surface area contributed by atoms with Crippen molar-refractivity contribution in [1.82, 2.24) is 5.32 Å². The fourth-order valence-corrected chi connectivity index (χ4v) is 3.83. The number of para-hydroxylation sites is 3. The molecule has 3 rings (SSSR count). The van der Waals surface area contributed by atoms with Gasteiger partial charge in [0.15, 0.2) is 11.5 Å². The van der Waals surface area contributed by atoms with E-state index in [1.54, 1.807) is 26.4 Å². The number of esters is 1. The second-order valence-electron chi connectivity index (χ2n) is 6.73. The van der Waals surface area contributed by atoms with Crippen LogP contribution in [0.4, 0.5) is 11.4 Å². The Morgan fingerprint density at radius 3 is 2.62 bits per heavy atom. The molecule has 1 aliphatic heterocycles. The molecule has 0 radical (unpaired) electrons. The molecule has 0 saturated heterocycles. The summed E-state index contributed by atoms with van der Waals surface area (Å²) >= 11 is 1.29. The second kappa shape index (κ2) is 11.2. The maximum atomic E-state index is 12.5. The van der Waals surface area contributed by atoms with Crippen molar-refractivity contribution in [3.05, 3.63) is 59.8 Å². The smallest absolute Gasteiger partial charge is 0.311 e. The summed E-state index contributed by atoms with van der Waals surface area (Å²) < 4.78 is 15.5. The van der Waals surface area contributed by atoms with E-state index in [1.165, 1.54) is 18.9 Å². The van der Waals surface area contributed by atoms with Gasteiger partial charge in [-0.3, -0.25) is 9.59 Å². The van der Waals surface area contributed by atoms with Gasteiger partial charge < -0.3 is 24.8 Å². The van der Waals surface area contributed by atoms with Crippen LogP contribution in [0.1, 0.15) is 12.0 Å². The normalized spacial score (nSPS) is 12.3. The van der Waals surface area contributed by atoms with E-state index in [2.05, 4.69) is 15.6 Å². The summed E-state index contributed by atoms with van der Waals surface area (Å²) in [6.45, 7) is 0.306. The zero-order chi connectivity index (χ0) is 22.9. The summed E-state index contributed by atoms with van der Waals surface area (Å²) in [4.78, 5) is 28.9. The lowest BCUT2D eigenvalue weighted by Crippen LogP contribution is -2.25. The number of rotatable bonds is 8. The number of benzene rings is 2. The van der Waals surface area contributed by atoms with Crippen molar-refractivity contribution < 1.29 is 23.8 Å². The molecule has 8 nitrogen and oxygen atoms in total. The van der Waals surface area contributed by atoms with Crippen LogP contribution >= 0.6 is 11.8 Å². The number of aliphatic imine (C=N–C) groups is 1. The molecular weight excluding hydrogens is 430 g/mol. The van der Waals surface area contributed by atoms with Gasteiger partial charge in [0.1, 0.15) is 0 Å². The molecule has 2 N–H and O–H groups in total. The fraction of sp³-hybridized carbons (Fsp3) is 0.261. The lowest BCUT2D eigenvalue weighted by molar-refractivity contribution is -0.139. The summed E-state index contributed by atoms with van der Waals surface area (Å²) in [6.07, 6.45) is 1.84. The molecule has 0 aromatic heterocycles. The van der Waals surface area contributed by atoms with E-state index < -0.39 is 0 Å². The van der Waals surface area contributed by atoms with Gasteiger partial charge in [-0.2, -0.15) is 0 Å². The maximum Gasteiger partial charge on any atom is 0.311 e. The summed E-state index contributed by atoms with van der Waals surface area (Å²) in [5, 5.41) is 6.73. The average Bonchev–Trinajstić information content (AvgIpc) is 2.99. The first-order valence-electron chi connectivity index (χ1n) is 9.85. The van der Waals surface area contributed by atoms with Crippen molar-refractivity contribution in [2.24, 2.45) is 4.99 Å². The van der Waals surface area contributed by atoms with Crippen LogP contribution in [-0.4, -0.2) is 44.0 Å². The van der Waals surface area contributed by atoms with E-state index in [4.69, 9.17) is 14.2 Å². The molecule has 1 heterocycles. The van der Waals surface area contributed by atoms with E-state index in [1.807, 2.05) is 36.4 Å². The summed E-state index contributed by atoms with van der Waals surface area (Å²) in [6, 6.07) is 13.0. The lowest BCUT2D eigenvalue weighted by atomic mass is 10.2. The molecule has 32 heavy (non-hydrogen) atoms. The molecule has 2 aromatic carbocycles. The van der Waals surface area contributed by atoms with Crippen molar-refractivity contribution in [2.45, 2.75) is 13.0 Å². The van der Waals surface area contributed by atoms with Crippen molar-refractivity contribution >= 4 is 40.1 Å². The molecule has 1 amide bonds. The number of thioether (sulfide) groups is 1. The topological polar surface area (TPSA) is 98.3 Å². The second-order valence-corrected chi connectivity index (χ2v) is 7.73. The van der Waals surface area contributed by atoms with Gasteiger partial charge in [-0.15, -0.1) is 0 Å². The largest absolute Gasteiger partial charge is 0.493 e. The van der Waals surface area contributed by atoms with Gasteiger partial charge in [0.2, 0.25) is 5.91 Å². The third-order valence-corrected chi connectivity index (χ3v) is 5.51. The third kappa shape index (κ3) is 6.04. The molecule has 0 aliphatic carbocycles. The number of nitrogens with zero attached hydrogens (tertiary/aromatic N) is 1. The Kier molecular flexibility index (Phi) is 8.15. The van der Waals surface area contributed by atoms with Gasteiger partial charge in [0.05, 0.1) is 49.9 Å². The molecule has 168 valence electrons. The summed E-state index contributed by atoms with van der Waals surface area (Å²) in [5.41, 5.74) is 2.98. The minimum atomic E-state index is -0.363. The van der Waals surface area contributed by atoms with Crippen molar-refractivity contribution in [3.8, 4) is 11.5 Å². The third-order valence-electron chi connectivity index (χ3n) is 4.60. The molecule has 1 aliphatic rings. The van der Waals surface area contributed by atoms with E-state index in [-0.39, 0.29) is 24.1 Å². The van der Waals surface area contributed by atoms with Crippen molar-refractivity contribution in [3.63, 3.8) is 0 Å². The van der Waals surface area contributed by atoms with Crippen LogP contribution in [0, 0.1) is 0 Å². The van der Waals surface area contributed by atoms with Crippen LogP contribution in [0.2, 0.25) is 0 Å². The Morgan fingerprint density at radius 2 is 1.88 bits per heavy atom. The van der Waals surface area contributed by atoms with E-state index in [9.17, 15) is 9.59 Å². The number of ether oxygens (including phenoxy) is 3. The van der Waals surface area contributed by atoms with Gasteiger partial charge in [0.25, 0.3) is 0 Å². The first-order chi connectivity index (χ1) is 15.5. The Bertz CT molecular complexity index is 1050. The highest BCUT2D eigenvalue weighted by atomic mass is 32.2. The number of hydrogen-bond acceptors (Lipinski definition) is 8. The average molecular weight is 456 g/mol. The molecule has 2 aromatic rings. The molecule has 0 saturated carbocycles. The van der Waals surface area contributed by atoms with E-state index in [0.29, 0.717) is 28.8 Å². The standard InChI is InChI=1S/C23H25N3O5S/c1-29-19-10-6-7-15(23(19)31-3)13-24-20(27)14-32-21-11-16(12-22(28)30-2)25-17-8-4-5-9-18(17)26-21/h4-11,25H,12-14H2,1-3H3,(H,24,27). The first-order valence-corrected chi connectivity index (χ1v) is 10.8. The quantitative estimate of drug-likeness (QED) is 0.586. The number of methoxy groups -OCH3 is 3. The summed E-state index contributed by atoms with van der Waals surface area (Å²) in [5.74, 6) is 0.841. The number of carbonyl (C=O) groups excluding carboxylic acids is 2. The van der Waals surface area contributed by atoms with Crippen LogP contribution in [0.25, 0.3) is 0 Å². The first kappa shape index (κ1) is 23.2. The Labute approximate surface area is 191 Å². The van der Waals surface area contributed by atoms with Crippen LogP contribution in [0.5, 0.6) is 11.5 Å². The Morgan fingerprint density at radius 1 is 1.06 bits per heavy atom. The minimum absolute atomic E-state index is 0.0756. The predicted octanol–water partition coefficient (Wildman–Crippen LogP) is 3.66. The number of nitrogens with one attached hydrogen (secondary N) is 2. The Hall–Kier alpha value is -3.46. The van der Waals surface area contributed by atoms with Crippen LogP contribution < -0.4 is 20.1 Å². The molecule has 0 fully saturated rings. The number of carbonyl (C=O) groups is 2. The SMILES string of the molecule is COC(=O)CC1=CC(SCC(=O)NCc2cccc(OC)c2OC)=Nc2ccccc2N1. The highest BCUT2D eigenvalue weighted by Crippen LogP contribution is 2.32. The zero-order valence-electron chi connectivity index (χ0n) is 18.1. The highest BCUT2D eigenvalue weighted by Gasteiger charge is 2.16. The molecule has 9 heteroatoms. The number of amides is 1. The van der Waals surface area contributed by atoms with Gasteiger partial charge in [-0.25, -0.2) is 4.99 Å². The zero-order valence-corrected chi connectivity index (χ0v) is 19.0. The fourth-order valence-electron chi connectivity index (χ4n) is 3.06. The number of hydrogen-bond donors (Lipinski definition) is 2. The minimum Gasteiger partial charge on any atom is -0.493 e. The summed E-state index contributed by atoms with van der Waals surface area (Å²) in [7, 11) is 4.48. The van der Waals surface area contributed by atoms with Gasteiger partial charge in [-0.05, 0) is 24.3 Å². The molecule has 0 bridgehead atoms. The number of anilines is 1. The monoisotopic (exact) mass is 455 g/mol. The maximum absolute atomic E-state index is 12.5. The van der Waals surface area contributed by atoms with E-state index in [0.717, 1.165) is 16.9 Å². The van der Waals surface area contributed by atoms with Gasteiger partial charge in [0, 0.05) is 17.8 Å². The van der Waals surface area contributed by atoms with Gasteiger partial charge in [-0.1, -0.05) is 36.0 Å². The van der Waals surface area contributed by atoms with Gasteiger partial charge >= 0.3 is 5.97 Å². The number of fused-ring (bicyclic) bond motifs is 1. The predicted molar refractivity (Wildman–Crippen MR) is 126 cm³/mol. The van der Waals surface area contributed by atoms with Crippen LogP contribution in [0.3, 0.4) is 0 Å². The molecule has 0 spiro atoms. The van der Waals surface area contributed by atoms with Crippen LogP contribution in [0.15, 0.2) is 59.2 Å². The molecular formula is C23H25N3O5S. The highest BCUT2D eigenvalue weighted by molar-refractivity contribution is 8.14. The van der Waals surface area contributed by atoms with Crippen molar-refractivity contribution in [1.29, 1.82) is 0 Å².